The van der Waals surface area contributed by atoms with Gasteiger partial charge in [0.1, 0.15) is 5.69 Å². The number of pyridine rings is 1. The summed E-state index contributed by atoms with van der Waals surface area (Å²) < 4.78 is 52.6. The first kappa shape index (κ1) is 15.0. The molecule has 0 saturated carbocycles. The van der Waals surface area contributed by atoms with Crippen LogP contribution in [0.3, 0.4) is 0 Å². The molecule has 112 valence electrons. The van der Waals surface area contributed by atoms with E-state index in [0.29, 0.717) is 0 Å². The van der Waals surface area contributed by atoms with E-state index in [1.165, 1.54) is 0 Å². The van der Waals surface area contributed by atoms with Crippen molar-refractivity contribution < 1.29 is 17.6 Å². The molecule has 0 aromatic carbocycles. The molecule has 7 heteroatoms. The Morgan fingerprint density at radius 1 is 1.10 bits per heavy atom. The van der Waals surface area contributed by atoms with Gasteiger partial charge in [0.2, 0.25) is 11.6 Å². The number of nitrogens with one attached hydrogen (secondary N) is 1. The lowest BCUT2D eigenvalue weighted by Gasteiger charge is -2.21. The molecule has 1 saturated heterocycles. The van der Waals surface area contributed by atoms with Crippen molar-refractivity contribution in [2.75, 3.05) is 31.5 Å². The van der Waals surface area contributed by atoms with Crippen LogP contribution in [0.1, 0.15) is 19.8 Å². The highest BCUT2D eigenvalue weighted by Crippen LogP contribution is 2.22. The van der Waals surface area contributed by atoms with Crippen LogP contribution in [-0.2, 0) is 0 Å². The number of aromatic nitrogens is 1. The molecule has 3 nitrogen and oxygen atoms in total. The molecule has 0 bridgehead atoms. The monoisotopic (exact) mass is 291 g/mol. The molecule has 20 heavy (non-hydrogen) atoms. The van der Waals surface area contributed by atoms with Gasteiger partial charge in [-0.25, -0.2) is 0 Å². The summed E-state index contributed by atoms with van der Waals surface area (Å²) >= 11 is 0. The van der Waals surface area contributed by atoms with Gasteiger partial charge in [0.25, 0.3) is 11.9 Å². The molecule has 1 N–H and O–H groups in total. The highest BCUT2D eigenvalue weighted by molar-refractivity contribution is 5.45. The molecule has 1 aliphatic rings. The van der Waals surface area contributed by atoms with Gasteiger partial charge in [-0.2, -0.15) is 22.5 Å². The van der Waals surface area contributed by atoms with E-state index in [-0.39, 0.29) is 12.5 Å². The Balaban J connectivity index is 1.96. The van der Waals surface area contributed by atoms with Crippen LogP contribution in [0.25, 0.3) is 0 Å². The number of hydrogen-bond donors (Lipinski definition) is 1. The van der Waals surface area contributed by atoms with Crippen molar-refractivity contribution in [1.82, 2.24) is 9.88 Å². The second-order valence-corrected chi connectivity index (χ2v) is 5.19. The third-order valence-electron chi connectivity index (χ3n) is 3.39. The van der Waals surface area contributed by atoms with E-state index in [1.54, 1.807) is 0 Å². The average molecular weight is 291 g/mol. The van der Waals surface area contributed by atoms with Crippen LogP contribution >= 0.6 is 0 Å². The van der Waals surface area contributed by atoms with Crippen molar-refractivity contribution in [3.63, 3.8) is 0 Å². The molecular formula is C13H17F4N3. The van der Waals surface area contributed by atoms with Crippen molar-refractivity contribution in [1.29, 1.82) is 0 Å². The van der Waals surface area contributed by atoms with Crippen LogP contribution in [0, 0.1) is 29.4 Å². The summed E-state index contributed by atoms with van der Waals surface area (Å²) in [7, 11) is 0. The van der Waals surface area contributed by atoms with E-state index >= 15 is 0 Å². The van der Waals surface area contributed by atoms with Crippen LogP contribution in [0.4, 0.5) is 23.2 Å². The molecule has 1 aliphatic heterocycles. The SMILES string of the molecule is CC(CNc1c(F)c(F)nc(F)c1F)CN1CCCC1. The lowest BCUT2D eigenvalue weighted by molar-refractivity contribution is 0.294. The first-order valence-corrected chi connectivity index (χ1v) is 6.65. The molecule has 1 atom stereocenters. The Labute approximate surface area is 115 Å². The maximum Gasteiger partial charge on any atom is 0.253 e. The van der Waals surface area contributed by atoms with Crippen molar-refractivity contribution in [2.45, 2.75) is 19.8 Å². The molecule has 1 aromatic rings. The summed E-state index contributed by atoms with van der Waals surface area (Å²) in [5.74, 6) is -6.15. The summed E-state index contributed by atoms with van der Waals surface area (Å²) in [5, 5.41) is 2.44. The zero-order valence-electron chi connectivity index (χ0n) is 11.2. The van der Waals surface area contributed by atoms with Crippen LogP contribution < -0.4 is 5.32 Å². The van der Waals surface area contributed by atoms with Gasteiger partial charge >= 0.3 is 0 Å². The second kappa shape index (κ2) is 6.39. The highest BCUT2D eigenvalue weighted by atomic mass is 19.2. The topological polar surface area (TPSA) is 28.2 Å². The van der Waals surface area contributed by atoms with Crippen LogP contribution in [-0.4, -0.2) is 36.1 Å². The molecular weight excluding hydrogens is 274 g/mol. The van der Waals surface area contributed by atoms with Gasteiger partial charge in [-0.3, -0.25) is 0 Å². The Morgan fingerprint density at radius 3 is 2.20 bits per heavy atom. The predicted octanol–water partition coefficient (Wildman–Crippen LogP) is 2.78. The van der Waals surface area contributed by atoms with Gasteiger partial charge in [0.15, 0.2) is 0 Å². The molecule has 2 rings (SSSR count). The van der Waals surface area contributed by atoms with E-state index in [0.717, 1.165) is 32.5 Å². The number of anilines is 1. The van der Waals surface area contributed by atoms with Crippen molar-refractivity contribution >= 4 is 5.69 Å². The third-order valence-corrected chi connectivity index (χ3v) is 3.39. The van der Waals surface area contributed by atoms with E-state index in [9.17, 15) is 17.6 Å². The van der Waals surface area contributed by atoms with Crippen molar-refractivity contribution in [2.24, 2.45) is 5.92 Å². The minimum atomic E-state index is -1.64. The molecule has 0 spiro atoms. The molecule has 1 aromatic heterocycles. The molecule has 1 unspecified atom stereocenters. The Hall–Kier alpha value is -1.37. The zero-order valence-corrected chi connectivity index (χ0v) is 11.2. The minimum Gasteiger partial charge on any atom is -0.380 e. The highest BCUT2D eigenvalue weighted by Gasteiger charge is 2.21. The quantitative estimate of drug-likeness (QED) is 0.668. The summed E-state index contributed by atoms with van der Waals surface area (Å²) in [6, 6.07) is 0. The third kappa shape index (κ3) is 3.39. The van der Waals surface area contributed by atoms with Gasteiger partial charge in [-0.1, -0.05) is 6.92 Å². The zero-order chi connectivity index (χ0) is 14.7. The molecule has 1 fully saturated rings. The molecule has 0 aliphatic carbocycles. The first-order valence-electron chi connectivity index (χ1n) is 6.65. The van der Waals surface area contributed by atoms with Gasteiger partial charge in [-0.15, -0.1) is 0 Å². The maximum atomic E-state index is 13.4. The fraction of sp³-hybridized carbons (Fsp3) is 0.615. The van der Waals surface area contributed by atoms with Gasteiger partial charge in [0.05, 0.1) is 0 Å². The second-order valence-electron chi connectivity index (χ2n) is 5.19. The van der Waals surface area contributed by atoms with Crippen LogP contribution in [0.15, 0.2) is 0 Å². The smallest absolute Gasteiger partial charge is 0.253 e. The lowest BCUT2D eigenvalue weighted by atomic mass is 10.1. The molecule has 0 radical (unpaired) electrons. The lowest BCUT2D eigenvalue weighted by Crippen LogP contribution is -2.29. The number of likely N-dealkylation sites (tertiary alicyclic amines) is 1. The number of rotatable bonds is 5. The van der Waals surface area contributed by atoms with Crippen LogP contribution in [0.5, 0.6) is 0 Å². The largest absolute Gasteiger partial charge is 0.380 e. The standard InChI is InChI=1S/C13H17F4N3/c1-8(7-20-4-2-3-5-20)6-18-11-9(14)12(16)19-13(17)10(11)15/h8H,2-7H2,1H3,(H,18,19). The first-order chi connectivity index (χ1) is 9.49. The van der Waals surface area contributed by atoms with Crippen molar-refractivity contribution in [3.8, 4) is 0 Å². The Kier molecular flexibility index (Phi) is 4.80. The summed E-state index contributed by atoms with van der Waals surface area (Å²) in [6.07, 6.45) is 2.31. The van der Waals surface area contributed by atoms with E-state index in [1.807, 2.05) is 6.92 Å². The van der Waals surface area contributed by atoms with E-state index < -0.39 is 29.2 Å². The number of hydrogen-bond acceptors (Lipinski definition) is 3. The van der Waals surface area contributed by atoms with Gasteiger partial charge in [-0.05, 0) is 31.8 Å². The fourth-order valence-electron chi connectivity index (χ4n) is 2.39. The summed E-state index contributed by atoms with van der Waals surface area (Å²) in [6.45, 7) is 4.96. The van der Waals surface area contributed by atoms with Crippen molar-refractivity contribution in [3.05, 3.63) is 23.5 Å². The number of nitrogens with zero attached hydrogens (tertiary/aromatic N) is 2. The summed E-state index contributed by atoms with van der Waals surface area (Å²) in [4.78, 5) is 4.77. The fourth-order valence-corrected chi connectivity index (χ4v) is 2.39. The molecule has 2 heterocycles. The maximum absolute atomic E-state index is 13.4. The predicted molar refractivity (Wildman–Crippen MR) is 67.4 cm³/mol. The van der Waals surface area contributed by atoms with Crippen LogP contribution in [0.2, 0.25) is 0 Å². The minimum absolute atomic E-state index is 0.103. The van der Waals surface area contributed by atoms with Gasteiger partial charge in [0, 0.05) is 13.1 Å². The molecule has 0 amide bonds. The van der Waals surface area contributed by atoms with E-state index in [2.05, 4.69) is 15.2 Å². The normalized spacial score (nSPS) is 17.4. The van der Waals surface area contributed by atoms with E-state index in [4.69, 9.17) is 0 Å². The summed E-state index contributed by atoms with van der Waals surface area (Å²) in [5.41, 5.74) is -0.789. The van der Waals surface area contributed by atoms with Gasteiger partial charge < -0.3 is 10.2 Å². The Bertz CT molecular complexity index is 449. The average Bonchev–Trinajstić information content (AvgIpc) is 2.89. The number of halogens is 4. The Morgan fingerprint density at radius 2 is 1.65 bits per heavy atom.